The van der Waals surface area contributed by atoms with Gasteiger partial charge in [0.15, 0.2) is 0 Å². The van der Waals surface area contributed by atoms with Crippen LogP contribution in [0.4, 0.5) is 0 Å². The summed E-state index contributed by atoms with van der Waals surface area (Å²) in [5, 5.41) is 2.88. The minimum Gasteiger partial charge on any atom is -0.383 e. The summed E-state index contributed by atoms with van der Waals surface area (Å²) < 4.78 is 10.3. The standard InChI is InChI=1S/C11H22N2O3/c1-8-5-9(6-16-8)11(14)13-4-3-10(12)7-15-2/h8-10H,3-7,12H2,1-2H3,(H,13,14). The summed E-state index contributed by atoms with van der Waals surface area (Å²) in [6.07, 6.45) is 1.75. The first-order valence-corrected chi connectivity index (χ1v) is 5.77. The molecule has 0 saturated carbocycles. The van der Waals surface area contributed by atoms with Crippen molar-refractivity contribution in [1.82, 2.24) is 5.32 Å². The van der Waals surface area contributed by atoms with Crippen molar-refractivity contribution in [3.8, 4) is 0 Å². The lowest BCUT2D eigenvalue weighted by Gasteiger charge is -2.12. The summed E-state index contributed by atoms with van der Waals surface area (Å²) in [7, 11) is 1.62. The Morgan fingerprint density at radius 1 is 1.69 bits per heavy atom. The van der Waals surface area contributed by atoms with Crippen molar-refractivity contribution in [2.75, 3.05) is 26.9 Å². The summed E-state index contributed by atoms with van der Waals surface area (Å²) in [6.45, 7) is 3.66. The monoisotopic (exact) mass is 230 g/mol. The van der Waals surface area contributed by atoms with Crippen LogP contribution in [0.1, 0.15) is 19.8 Å². The van der Waals surface area contributed by atoms with E-state index < -0.39 is 0 Å². The fourth-order valence-electron chi connectivity index (χ4n) is 1.82. The van der Waals surface area contributed by atoms with Gasteiger partial charge in [-0.25, -0.2) is 0 Å². The van der Waals surface area contributed by atoms with E-state index in [9.17, 15) is 4.79 Å². The highest BCUT2D eigenvalue weighted by Crippen LogP contribution is 2.18. The lowest BCUT2D eigenvalue weighted by atomic mass is 10.1. The molecule has 3 atom stereocenters. The van der Waals surface area contributed by atoms with Gasteiger partial charge in [-0.1, -0.05) is 0 Å². The summed E-state index contributed by atoms with van der Waals surface area (Å²) in [5.41, 5.74) is 5.74. The van der Waals surface area contributed by atoms with E-state index >= 15 is 0 Å². The second-order valence-electron chi connectivity index (χ2n) is 4.37. The van der Waals surface area contributed by atoms with Crippen molar-refractivity contribution in [3.05, 3.63) is 0 Å². The predicted molar refractivity (Wildman–Crippen MR) is 61.0 cm³/mol. The quantitative estimate of drug-likeness (QED) is 0.668. The minimum atomic E-state index is -0.0101. The number of hydrogen-bond acceptors (Lipinski definition) is 4. The van der Waals surface area contributed by atoms with Crippen LogP contribution < -0.4 is 11.1 Å². The molecule has 1 aliphatic rings. The molecule has 1 heterocycles. The Hall–Kier alpha value is -0.650. The first-order chi connectivity index (χ1) is 7.63. The molecule has 0 aromatic heterocycles. The number of hydrogen-bond donors (Lipinski definition) is 2. The van der Waals surface area contributed by atoms with E-state index in [0.29, 0.717) is 19.8 Å². The van der Waals surface area contributed by atoms with Crippen LogP contribution in [0, 0.1) is 5.92 Å². The molecule has 0 aromatic rings. The van der Waals surface area contributed by atoms with Crippen LogP contribution in [-0.2, 0) is 14.3 Å². The molecule has 5 heteroatoms. The Balaban J connectivity index is 2.11. The van der Waals surface area contributed by atoms with Crippen LogP contribution >= 0.6 is 0 Å². The van der Waals surface area contributed by atoms with Gasteiger partial charge < -0.3 is 20.5 Å². The Labute approximate surface area is 96.7 Å². The largest absolute Gasteiger partial charge is 0.383 e. The third kappa shape index (κ3) is 4.47. The first-order valence-electron chi connectivity index (χ1n) is 5.77. The second kappa shape index (κ2) is 6.83. The molecular formula is C11H22N2O3. The smallest absolute Gasteiger partial charge is 0.225 e. The molecule has 16 heavy (non-hydrogen) atoms. The summed E-state index contributed by atoms with van der Waals surface area (Å²) in [5.74, 6) is 0.0858. The average Bonchev–Trinajstić information content (AvgIpc) is 2.65. The average molecular weight is 230 g/mol. The van der Waals surface area contributed by atoms with E-state index in [4.69, 9.17) is 15.2 Å². The van der Waals surface area contributed by atoms with Gasteiger partial charge in [0.05, 0.1) is 25.2 Å². The second-order valence-corrected chi connectivity index (χ2v) is 4.37. The number of amides is 1. The number of rotatable bonds is 6. The Kier molecular flexibility index (Phi) is 5.73. The summed E-state index contributed by atoms with van der Waals surface area (Å²) in [6, 6.07) is -0.0101. The van der Waals surface area contributed by atoms with Gasteiger partial charge in [0.25, 0.3) is 0 Å². The van der Waals surface area contributed by atoms with Gasteiger partial charge in [-0.2, -0.15) is 0 Å². The fourth-order valence-corrected chi connectivity index (χ4v) is 1.82. The van der Waals surface area contributed by atoms with E-state index in [0.717, 1.165) is 12.8 Å². The first kappa shape index (κ1) is 13.4. The molecule has 0 aromatic carbocycles. The maximum absolute atomic E-state index is 11.7. The van der Waals surface area contributed by atoms with E-state index in [-0.39, 0.29) is 24.0 Å². The summed E-state index contributed by atoms with van der Waals surface area (Å²) in [4.78, 5) is 11.7. The molecule has 1 amide bonds. The zero-order chi connectivity index (χ0) is 12.0. The van der Waals surface area contributed by atoms with Crippen LogP contribution in [0.2, 0.25) is 0 Å². The Morgan fingerprint density at radius 2 is 2.44 bits per heavy atom. The molecule has 3 N–H and O–H groups in total. The van der Waals surface area contributed by atoms with E-state index in [2.05, 4.69) is 5.32 Å². The van der Waals surface area contributed by atoms with Crippen LogP contribution in [-0.4, -0.2) is 44.9 Å². The topological polar surface area (TPSA) is 73.6 Å². The molecule has 1 saturated heterocycles. The third-order valence-corrected chi connectivity index (χ3v) is 2.76. The highest BCUT2D eigenvalue weighted by Gasteiger charge is 2.27. The SMILES string of the molecule is COCC(N)CCNC(=O)C1COC(C)C1. The molecule has 0 bridgehead atoms. The van der Waals surface area contributed by atoms with Gasteiger partial charge in [-0.3, -0.25) is 4.79 Å². The molecule has 1 fully saturated rings. The summed E-state index contributed by atoms with van der Waals surface area (Å²) >= 11 is 0. The number of carbonyl (C=O) groups is 1. The van der Waals surface area contributed by atoms with Crippen molar-refractivity contribution < 1.29 is 14.3 Å². The minimum absolute atomic E-state index is 0.00801. The van der Waals surface area contributed by atoms with E-state index in [1.165, 1.54) is 0 Å². The van der Waals surface area contributed by atoms with E-state index in [1.54, 1.807) is 7.11 Å². The Morgan fingerprint density at radius 3 is 3.00 bits per heavy atom. The number of nitrogens with two attached hydrogens (primary N) is 1. The van der Waals surface area contributed by atoms with Gasteiger partial charge in [0.1, 0.15) is 0 Å². The van der Waals surface area contributed by atoms with Crippen molar-refractivity contribution in [2.45, 2.75) is 31.9 Å². The zero-order valence-electron chi connectivity index (χ0n) is 10.1. The fraction of sp³-hybridized carbons (Fsp3) is 0.909. The highest BCUT2D eigenvalue weighted by molar-refractivity contribution is 5.79. The maximum atomic E-state index is 11.7. The molecule has 3 unspecified atom stereocenters. The van der Waals surface area contributed by atoms with Gasteiger partial charge in [0.2, 0.25) is 5.91 Å². The molecule has 0 aliphatic carbocycles. The van der Waals surface area contributed by atoms with Crippen LogP contribution in [0.3, 0.4) is 0 Å². The van der Waals surface area contributed by atoms with Gasteiger partial charge in [-0.15, -0.1) is 0 Å². The highest BCUT2D eigenvalue weighted by atomic mass is 16.5. The Bertz CT molecular complexity index is 223. The van der Waals surface area contributed by atoms with Gasteiger partial charge >= 0.3 is 0 Å². The molecule has 1 rings (SSSR count). The number of methoxy groups -OCH3 is 1. The predicted octanol–water partition coefficient (Wildman–Crippen LogP) is -0.109. The van der Waals surface area contributed by atoms with Crippen molar-refractivity contribution in [3.63, 3.8) is 0 Å². The van der Waals surface area contributed by atoms with Crippen molar-refractivity contribution in [1.29, 1.82) is 0 Å². The number of nitrogens with one attached hydrogen (secondary N) is 1. The number of ether oxygens (including phenoxy) is 2. The molecular weight excluding hydrogens is 208 g/mol. The van der Waals surface area contributed by atoms with Crippen LogP contribution in [0.5, 0.6) is 0 Å². The molecule has 5 nitrogen and oxygen atoms in total. The molecule has 0 radical (unpaired) electrons. The normalized spacial score (nSPS) is 26.7. The van der Waals surface area contributed by atoms with Gasteiger partial charge in [-0.05, 0) is 19.8 Å². The van der Waals surface area contributed by atoms with E-state index in [1.807, 2.05) is 6.92 Å². The van der Waals surface area contributed by atoms with Crippen LogP contribution in [0.25, 0.3) is 0 Å². The van der Waals surface area contributed by atoms with Crippen LogP contribution in [0.15, 0.2) is 0 Å². The molecule has 1 aliphatic heterocycles. The zero-order valence-corrected chi connectivity index (χ0v) is 10.1. The van der Waals surface area contributed by atoms with Gasteiger partial charge in [0, 0.05) is 19.7 Å². The maximum Gasteiger partial charge on any atom is 0.225 e. The number of carbonyl (C=O) groups excluding carboxylic acids is 1. The third-order valence-electron chi connectivity index (χ3n) is 2.76. The molecule has 94 valence electrons. The van der Waals surface area contributed by atoms with Crippen molar-refractivity contribution >= 4 is 5.91 Å². The lowest BCUT2D eigenvalue weighted by Crippen LogP contribution is -2.36. The lowest BCUT2D eigenvalue weighted by molar-refractivity contribution is -0.124. The van der Waals surface area contributed by atoms with Crippen molar-refractivity contribution in [2.24, 2.45) is 11.7 Å². The molecule has 0 spiro atoms.